The lowest BCUT2D eigenvalue weighted by Crippen LogP contribution is -2.38. The van der Waals surface area contributed by atoms with Gasteiger partial charge in [0.05, 0.1) is 30.3 Å². The molecule has 1 aromatic rings. The molecule has 3 heterocycles. The summed E-state index contributed by atoms with van der Waals surface area (Å²) in [6.45, 7) is 8.16. The van der Waals surface area contributed by atoms with E-state index < -0.39 is 0 Å². The van der Waals surface area contributed by atoms with Crippen LogP contribution in [-0.2, 0) is 0 Å². The lowest BCUT2D eigenvalue weighted by molar-refractivity contribution is 0.0772. The molecule has 6 heteroatoms. The van der Waals surface area contributed by atoms with Crippen molar-refractivity contribution < 1.29 is 9.53 Å². The number of hydrazone groups is 1. The van der Waals surface area contributed by atoms with Crippen molar-refractivity contribution in [3.8, 4) is 5.75 Å². The molecule has 2 fully saturated rings. The summed E-state index contributed by atoms with van der Waals surface area (Å²) in [4.78, 5) is 20.2. The van der Waals surface area contributed by atoms with Crippen molar-refractivity contribution >= 4 is 17.3 Å². The van der Waals surface area contributed by atoms with E-state index in [4.69, 9.17) is 14.8 Å². The number of benzene rings is 1. The zero-order chi connectivity index (χ0) is 22.2. The van der Waals surface area contributed by atoms with Gasteiger partial charge in [-0.15, -0.1) is 0 Å². The van der Waals surface area contributed by atoms with Gasteiger partial charge in [-0.05, 0) is 50.8 Å². The minimum atomic E-state index is -0.0199. The van der Waals surface area contributed by atoms with Crippen molar-refractivity contribution in [2.24, 2.45) is 21.9 Å². The van der Waals surface area contributed by atoms with Crippen LogP contribution in [0, 0.1) is 11.8 Å². The van der Waals surface area contributed by atoms with E-state index in [1.165, 1.54) is 43.4 Å². The van der Waals surface area contributed by atoms with E-state index in [2.05, 4.69) is 20.8 Å². The van der Waals surface area contributed by atoms with E-state index in [0.717, 1.165) is 23.8 Å². The molecule has 4 aliphatic rings. The first-order valence-corrected chi connectivity index (χ1v) is 12.1. The molecule has 5 rings (SSSR count). The molecule has 0 spiro atoms. The highest BCUT2D eigenvalue weighted by Crippen LogP contribution is 2.36. The predicted octanol–water partition coefficient (Wildman–Crippen LogP) is 4.87. The zero-order valence-electron chi connectivity index (χ0n) is 19.5. The monoisotopic (exact) mass is 434 g/mol. The first-order valence-electron chi connectivity index (χ1n) is 12.1. The molecule has 2 unspecified atom stereocenters. The summed E-state index contributed by atoms with van der Waals surface area (Å²) in [6, 6.07) is 7.68. The fraction of sp³-hybridized carbons (Fsp3) is 0.577. The second kappa shape index (κ2) is 8.72. The number of allylic oxidation sites excluding steroid dienone is 2. The number of ether oxygens (including phenoxy) is 1. The highest BCUT2D eigenvalue weighted by atomic mass is 16.5. The number of likely N-dealkylation sites (tertiary alicyclic amines) is 1. The van der Waals surface area contributed by atoms with Crippen molar-refractivity contribution in [2.75, 3.05) is 19.7 Å². The molecule has 2 atom stereocenters. The van der Waals surface area contributed by atoms with E-state index in [9.17, 15) is 4.79 Å². The summed E-state index contributed by atoms with van der Waals surface area (Å²) in [7, 11) is 0. The number of amides is 1. The number of fused-ring (bicyclic) bond motifs is 3. The zero-order valence-corrected chi connectivity index (χ0v) is 19.5. The topological polar surface area (TPSA) is 57.5 Å². The molecule has 1 aromatic carbocycles. The van der Waals surface area contributed by atoms with E-state index >= 15 is 0 Å². The minimum Gasteiger partial charge on any atom is -0.493 e. The Morgan fingerprint density at radius 2 is 1.91 bits per heavy atom. The molecule has 1 saturated carbocycles. The van der Waals surface area contributed by atoms with Gasteiger partial charge in [-0.2, -0.15) is 5.10 Å². The quantitative estimate of drug-likeness (QED) is 0.664. The SMILES string of the molecule is CC1=NC2C3CN(C(=O)c4ccccc4OCCC4CCCCC4)CC3=NN2C(C)=C1C. The number of para-hydroxylation sites is 1. The van der Waals surface area contributed by atoms with E-state index in [-0.39, 0.29) is 18.0 Å². The van der Waals surface area contributed by atoms with Crippen LogP contribution < -0.4 is 4.74 Å². The largest absolute Gasteiger partial charge is 0.493 e. The molecular formula is C26H34N4O2. The van der Waals surface area contributed by atoms with Crippen LogP contribution in [0.25, 0.3) is 0 Å². The summed E-state index contributed by atoms with van der Waals surface area (Å²) in [5, 5.41) is 6.90. The molecule has 0 radical (unpaired) electrons. The van der Waals surface area contributed by atoms with Crippen molar-refractivity contribution in [3.63, 3.8) is 0 Å². The summed E-state index contributed by atoms with van der Waals surface area (Å²) in [5.74, 6) is 1.67. The van der Waals surface area contributed by atoms with Gasteiger partial charge < -0.3 is 9.64 Å². The first-order chi connectivity index (χ1) is 15.5. The Morgan fingerprint density at radius 1 is 1.12 bits per heavy atom. The number of aliphatic imine (C=N–C) groups is 1. The van der Waals surface area contributed by atoms with Crippen molar-refractivity contribution in [2.45, 2.75) is 65.5 Å². The fourth-order valence-corrected chi connectivity index (χ4v) is 5.51. The number of nitrogens with zero attached hydrogens (tertiary/aromatic N) is 4. The summed E-state index contributed by atoms with van der Waals surface area (Å²) in [6.07, 6.45) is 7.74. The van der Waals surface area contributed by atoms with Gasteiger partial charge in [0.25, 0.3) is 5.91 Å². The number of rotatable bonds is 5. The van der Waals surface area contributed by atoms with Gasteiger partial charge >= 0.3 is 0 Å². The highest BCUT2D eigenvalue weighted by molar-refractivity contribution is 6.04. The summed E-state index contributed by atoms with van der Waals surface area (Å²) >= 11 is 0. The van der Waals surface area contributed by atoms with Crippen LogP contribution in [0.3, 0.4) is 0 Å². The van der Waals surface area contributed by atoms with E-state index in [1.54, 1.807) is 0 Å². The third kappa shape index (κ3) is 3.84. The number of carbonyl (C=O) groups excluding carboxylic acids is 1. The molecule has 32 heavy (non-hydrogen) atoms. The Balaban J connectivity index is 1.26. The van der Waals surface area contributed by atoms with Crippen molar-refractivity contribution in [1.29, 1.82) is 0 Å². The molecular weight excluding hydrogens is 400 g/mol. The van der Waals surface area contributed by atoms with Gasteiger partial charge in [0.2, 0.25) is 0 Å². The van der Waals surface area contributed by atoms with E-state index in [1.807, 2.05) is 34.2 Å². The molecule has 1 aliphatic carbocycles. The maximum atomic E-state index is 13.4. The fourth-order valence-electron chi connectivity index (χ4n) is 5.51. The highest BCUT2D eigenvalue weighted by Gasteiger charge is 2.46. The molecule has 0 bridgehead atoms. The third-order valence-electron chi connectivity index (χ3n) is 7.71. The Morgan fingerprint density at radius 3 is 2.72 bits per heavy atom. The summed E-state index contributed by atoms with van der Waals surface area (Å²) < 4.78 is 6.13. The average molecular weight is 435 g/mol. The maximum Gasteiger partial charge on any atom is 0.257 e. The maximum absolute atomic E-state index is 13.4. The molecule has 3 aliphatic heterocycles. The van der Waals surface area contributed by atoms with Crippen molar-refractivity contribution in [1.82, 2.24) is 9.91 Å². The minimum absolute atomic E-state index is 0.0199. The van der Waals surface area contributed by atoms with Crippen LogP contribution >= 0.6 is 0 Å². The molecule has 0 aromatic heterocycles. The van der Waals surface area contributed by atoms with Gasteiger partial charge in [-0.1, -0.05) is 44.2 Å². The Hall–Kier alpha value is -2.63. The molecule has 1 saturated heterocycles. The van der Waals surface area contributed by atoms with Crippen LogP contribution in [0.4, 0.5) is 0 Å². The van der Waals surface area contributed by atoms with Gasteiger partial charge in [0.1, 0.15) is 5.75 Å². The Kier molecular flexibility index (Phi) is 5.78. The predicted molar refractivity (Wildman–Crippen MR) is 127 cm³/mol. The second-order valence-electron chi connectivity index (χ2n) is 9.70. The van der Waals surface area contributed by atoms with Crippen LogP contribution in [0.15, 0.2) is 45.6 Å². The van der Waals surface area contributed by atoms with Crippen molar-refractivity contribution in [3.05, 3.63) is 41.1 Å². The molecule has 170 valence electrons. The van der Waals surface area contributed by atoms with Gasteiger partial charge in [0.15, 0.2) is 6.17 Å². The van der Waals surface area contributed by atoms with Crippen LogP contribution in [-0.4, -0.2) is 53.1 Å². The number of hydrogen-bond acceptors (Lipinski definition) is 5. The van der Waals surface area contributed by atoms with Gasteiger partial charge in [-0.25, -0.2) is 5.01 Å². The average Bonchev–Trinajstić information content (AvgIpc) is 3.37. The summed E-state index contributed by atoms with van der Waals surface area (Å²) in [5.41, 5.74) is 5.15. The number of hydrogen-bond donors (Lipinski definition) is 0. The molecule has 1 amide bonds. The second-order valence-corrected chi connectivity index (χ2v) is 9.70. The molecule has 0 N–H and O–H groups in total. The van der Waals surface area contributed by atoms with Gasteiger partial charge in [-0.3, -0.25) is 9.79 Å². The normalized spacial score (nSPS) is 25.5. The Bertz CT molecular complexity index is 989. The standard InChI is InChI=1S/C26H34N4O2/c1-17-18(2)27-25-22-15-29(16-23(22)28-30(25)19(17)3)26(31)21-11-7-8-12-24(21)32-14-13-20-9-5-4-6-10-20/h7-8,11-12,20,22,25H,4-6,9-10,13-16H2,1-3H3. The van der Waals surface area contributed by atoms with Crippen LogP contribution in [0.5, 0.6) is 5.75 Å². The lowest BCUT2D eigenvalue weighted by Gasteiger charge is -2.31. The van der Waals surface area contributed by atoms with E-state index in [0.29, 0.717) is 31.0 Å². The first kappa shape index (κ1) is 21.2. The Labute approximate surface area is 191 Å². The van der Waals surface area contributed by atoms with Gasteiger partial charge in [0, 0.05) is 18.0 Å². The number of carbonyl (C=O) groups is 1. The van der Waals surface area contributed by atoms with Crippen LogP contribution in [0.2, 0.25) is 0 Å². The lowest BCUT2D eigenvalue weighted by atomic mass is 9.87. The molecule has 6 nitrogen and oxygen atoms in total. The smallest absolute Gasteiger partial charge is 0.257 e. The van der Waals surface area contributed by atoms with Crippen LogP contribution in [0.1, 0.15) is 69.7 Å². The third-order valence-corrected chi connectivity index (χ3v) is 7.71.